The molecule has 156 valence electrons. The number of benzene rings is 2. The maximum atomic E-state index is 13.0. The topological polar surface area (TPSA) is 70.7 Å². The highest BCUT2D eigenvalue weighted by atomic mass is 32.2. The van der Waals surface area contributed by atoms with Crippen molar-refractivity contribution in [2.45, 2.75) is 38.0 Å². The normalized spacial score (nSPS) is 15.0. The lowest BCUT2D eigenvalue weighted by Crippen LogP contribution is -2.35. The number of ether oxygens (including phenoxy) is 1. The van der Waals surface area contributed by atoms with Crippen molar-refractivity contribution in [2.75, 3.05) is 30.8 Å². The van der Waals surface area contributed by atoms with Gasteiger partial charge in [0.25, 0.3) is 0 Å². The van der Waals surface area contributed by atoms with E-state index in [4.69, 9.17) is 17.0 Å². The van der Waals surface area contributed by atoms with Crippen LogP contribution in [-0.4, -0.2) is 38.0 Å². The van der Waals surface area contributed by atoms with E-state index in [-0.39, 0.29) is 4.90 Å². The van der Waals surface area contributed by atoms with Gasteiger partial charge in [0, 0.05) is 18.8 Å². The third kappa shape index (κ3) is 5.26. The standard InChI is InChI=1S/C21H27N3O3S2/c1-15-11-16(2)13-17(12-15)22-21(28)23-19-14-18(7-8-20(19)27-3)29(25,26)24-9-5-4-6-10-24/h7-8,11-14H,4-6,9-10H2,1-3H3,(H2,22,23,28). The van der Waals surface area contributed by atoms with Gasteiger partial charge < -0.3 is 15.4 Å². The summed E-state index contributed by atoms with van der Waals surface area (Å²) in [7, 11) is -2.00. The maximum absolute atomic E-state index is 13.0. The Labute approximate surface area is 178 Å². The summed E-state index contributed by atoms with van der Waals surface area (Å²) >= 11 is 5.44. The minimum atomic E-state index is -3.54. The van der Waals surface area contributed by atoms with E-state index in [1.165, 1.54) is 0 Å². The first-order valence-electron chi connectivity index (χ1n) is 9.64. The first-order valence-corrected chi connectivity index (χ1v) is 11.5. The predicted octanol–water partition coefficient (Wildman–Crippen LogP) is 4.30. The number of methoxy groups -OCH3 is 1. The van der Waals surface area contributed by atoms with Crippen molar-refractivity contribution in [2.24, 2.45) is 0 Å². The molecule has 0 spiro atoms. The maximum Gasteiger partial charge on any atom is 0.243 e. The summed E-state index contributed by atoms with van der Waals surface area (Å²) in [5.41, 5.74) is 3.63. The fourth-order valence-corrected chi connectivity index (χ4v) is 5.30. The molecule has 2 N–H and O–H groups in total. The largest absolute Gasteiger partial charge is 0.495 e. The van der Waals surface area contributed by atoms with Gasteiger partial charge in [-0.1, -0.05) is 12.5 Å². The van der Waals surface area contributed by atoms with Crippen LogP contribution in [0, 0.1) is 13.8 Å². The van der Waals surface area contributed by atoms with E-state index in [2.05, 4.69) is 16.7 Å². The van der Waals surface area contributed by atoms with E-state index in [9.17, 15) is 8.42 Å². The SMILES string of the molecule is COc1ccc(S(=O)(=O)N2CCCCC2)cc1NC(=S)Nc1cc(C)cc(C)c1. The Bertz CT molecular complexity index is 980. The molecule has 1 saturated heterocycles. The fraction of sp³-hybridized carbons (Fsp3) is 0.381. The molecule has 0 atom stereocenters. The summed E-state index contributed by atoms with van der Waals surface area (Å²) in [6.07, 6.45) is 2.86. The van der Waals surface area contributed by atoms with Crippen LogP contribution in [0.3, 0.4) is 0 Å². The minimum absolute atomic E-state index is 0.233. The highest BCUT2D eigenvalue weighted by molar-refractivity contribution is 7.89. The Morgan fingerprint density at radius 3 is 2.28 bits per heavy atom. The fourth-order valence-electron chi connectivity index (χ4n) is 3.53. The van der Waals surface area contributed by atoms with Crippen LogP contribution in [0.1, 0.15) is 30.4 Å². The van der Waals surface area contributed by atoms with E-state index in [1.807, 2.05) is 26.0 Å². The van der Waals surface area contributed by atoms with Gasteiger partial charge in [0.05, 0.1) is 17.7 Å². The van der Waals surface area contributed by atoms with Crippen LogP contribution in [0.5, 0.6) is 5.75 Å². The number of sulfonamides is 1. The molecule has 0 bridgehead atoms. The molecule has 8 heteroatoms. The number of thiocarbonyl (C=S) groups is 1. The highest BCUT2D eigenvalue weighted by Gasteiger charge is 2.26. The van der Waals surface area contributed by atoms with Crippen molar-refractivity contribution >= 4 is 38.7 Å². The van der Waals surface area contributed by atoms with E-state index in [0.717, 1.165) is 36.1 Å². The third-order valence-corrected chi connectivity index (χ3v) is 6.95. The van der Waals surface area contributed by atoms with Crippen LogP contribution in [-0.2, 0) is 10.0 Å². The first kappa shape index (κ1) is 21.5. The van der Waals surface area contributed by atoms with Gasteiger partial charge in [-0.25, -0.2) is 8.42 Å². The van der Waals surface area contributed by atoms with Crippen LogP contribution in [0.25, 0.3) is 0 Å². The lowest BCUT2D eigenvalue weighted by molar-refractivity contribution is 0.346. The van der Waals surface area contributed by atoms with Gasteiger partial charge >= 0.3 is 0 Å². The first-order chi connectivity index (χ1) is 13.8. The molecule has 0 aromatic heterocycles. The second kappa shape index (κ2) is 9.11. The number of nitrogens with zero attached hydrogens (tertiary/aromatic N) is 1. The summed E-state index contributed by atoms with van der Waals surface area (Å²) in [4.78, 5) is 0.233. The van der Waals surface area contributed by atoms with Crippen molar-refractivity contribution in [3.05, 3.63) is 47.5 Å². The van der Waals surface area contributed by atoms with Gasteiger partial charge in [-0.2, -0.15) is 4.31 Å². The molecule has 1 heterocycles. The lowest BCUT2D eigenvalue weighted by atomic mass is 10.1. The number of hydrogen-bond donors (Lipinski definition) is 2. The average molecular weight is 434 g/mol. The van der Waals surface area contributed by atoms with E-state index in [1.54, 1.807) is 29.6 Å². The number of nitrogens with one attached hydrogen (secondary N) is 2. The number of rotatable bonds is 5. The van der Waals surface area contributed by atoms with Crippen molar-refractivity contribution in [3.8, 4) is 5.75 Å². The number of piperidine rings is 1. The predicted molar refractivity (Wildman–Crippen MR) is 121 cm³/mol. The van der Waals surface area contributed by atoms with E-state index < -0.39 is 10.0 Å². The molecular weight excluding hydrogens is 406 g/mol. The molecule has 0 amide bonds. The van der Waals surface area contributed by atoms with Crippen molar-refractivity contribution in [1.82, 2.24) is 4.31 Å². The van der Waals surface area contributed by atoms with Crippen LogP contribution < -0.4 is 15.4 Å². The molecule has 6 nitrogen and oxygen atoms in total. The van der Waals surface area contributed by atoms with Crippen molar-refractivity contribution < 1.29 is 13.2 Å². The zero-order valence-electron chi connectivity index (χ0n) is 17.0. The number of anilines is 2. The van der Waals surface area contributed by atoms with Gasteiger partial charge in [-0.3, -0.25) is 0 Å². The second-order valence-corrected chi connectivity index (χ2v) is 9.63. The number of hydrogen-bond acceptors (Lipinski definition) is 4. The van der Waals surface area contributed by atoms with Gasteiger partial charge in [-0.05, 0) is 80.4 Å². The summed E-state index contributed by atoms with van der Waals surface area (Å²) < 4.78 is 32.9. The summed E-state index contributed by atoms with van der Waals surface area (Å²) in [5, 5.41) is 6.59. The van der Waals surface area contributed by atoms with Crippen molar-refractivity contribution in [3.63, 3.8) is 0 Å². The zero-order chi connectivity index (χ0) is 21.0. The molecule has 0 radical (unpaired) electrons. The van der Waals surface area contributed by atoms with Gasteiger partial charge in [0.15, 0.2) is 5.11 Å². The Hall–Kier alpha value is -2.16. The monoisotopic (exact) mass is 433 g/mol. The van der Waals surface area contributed by atoms with E-state index in [0.29, 0.717) is 29.6 Å². The highest BCUT2D eigenvalue weighted by Crippen LogP contribution is 2.30. The smallest absolute Gasteiger partial charge is 0.243 e. The molecule has 1 aliphatic rings. The molecule has 0 unspecified atom stereocenters. The average Bonchev–Trinajstić information content (AvgIpc) is 2.67. The number of aryl methyl sites for hydroxylation is 2. The molecule has 1 aliphatic heterocycles. The molecule has 0 aliphatic carbocycles. The zero-order valence-corrected chi connectivity index (χ0v) is 18.6. The molecule has 1 fully saturated rings. The van der Waals surface area contributed by atoms with Gasteiger partial charge in [0.1, 0.15) is 5.75 Å². The van der Waals surface area contributed by atoms with Gasteiger partial charge in [0.2, 0.25) is 10.0 Å². The summed E-state index contributed by atoms with van der Waals surface area (Å²) in [5.74, 6) is 0.521. The molecule has 3 rings (SSSR count). The van der Waals surface area contributed by atoms with Crippen LogP contribution in [0.2, 0.25) is 0 Å². The quantitative estimate of drug-likeness (QED) is 0.686. The Morgan fingerprint density at radius 1 is 1.00 bits per heavy atom. The summed E-state index contributed by atoms with van der Waals surface area (Å²) in [6.45, 7) is 5.16. The minimum Gasteiger partial charge on any atom is -0.495 e. The third-order valence-electron chi connectivity index (χ3n) is 4.85. The Balaban J connectivity index is 1.82. The van der Waals surface area contributed by atoms with Crippen LogP contribution in [0.15, 0.2) is 41.3 Å². The summed E-state index contributed by atoms with van der Waals surface area (Å²) in [6, 6.07) is 10.9. The second-order valence-electron chi connectivity index (χ2n) is 7.28. The Kier molecular flexibility index (Phi) is 6.77. The Morgan fingerprint density at radius 2 is 1.66 bits per heavy atom. The van der Waals surface area contributed by atoms with Crippen LogP contribution in [0.4, 0.5) is 11.4 Å². The van der Waals surface area contributed by atoms with Crippen LogP contribution >= 0.6 is 12.2 Å². The molecule has 0 saturated carbocycles. The van der Waals surface area contributed by atoms with E-state index >= 15 is 0 Å². The molecule has 2 aromatic rings. The van der Waals surface area contributed by atoms with Gasteiger partial charge in [-0.15, -0.1) is 0 Å². The molecular formula is C21H27N3O3S2. The molecule has 2 aromatic carbocycles. The lowest BCUT2D eigenvalue weighted by Gasteiger charge is -2.26. The molecule has 29 heavy (non-hydrogen) atoms. The van der Waals surface area contributed by atoms with Crippen molar-refractivity contribution in [1.29, 1.82) is 0 Å².